The Morgan fingerprint density at radius 3 is 2.56 bits per heavy atom. The number of rotatable bonds is 5. The van der Waals surface area contributed by atoms with Crippen molar-refractivity contribution in [3.8, 4) is 0 Å². The van der Waals surface area contributed by atoms with Gasteiger partial charge in [0.1, 0.15) is 11.3 Å². The first kappa shape index (κ1) is 21.2. The minimum Gasteiger partial charge on any atom is -0.545 e. The molecule has 2 aromatic carbocycles. The Kier molecular flexibility index (Phi) is 7.19. The molecule has 27 heavy (non-hydrogen) atoms. The van der Waals surface area contributed by atoms with Crippen LogP contribution in [-0.2, 0) is 6.42 Å². The van der Waals surface area contributed by atoms with Gasteiger partial charge in [0.05, 0.1) is 11.4 Å². The van der Waals surface area contributed by atoms with Crippen molar-refractivity contribution in [3.63, 3.8) is 0 Å². The summed E-state index contributed by atoms with van der Waals surface area (Å²) >= 11 is 0. The molecule has 0 aliphatic heterocycles. The number of carboxylic acid groups (broad SMARTS) is 1. The van der Waals surface area contributed by atoms with E-state index in [0.717, 1.165) is 17.5 Å². The van der Waals surface area contributed by atoms with Gasteiger partial charge in [-0.25, -0.2) is 0 Å². The first-order chi connectivity index (χ1) is 12.5. The van der Waals surface area contributed by atoms with Gasteiger partial charge in [-0.2, -0.15) is 0 Å². The summed E-state index contributed by atoms with van der Waals surface area (Å²) in [6, 6.07) is 12.2. The molecular formula is C22H19NaO4. The summed E-state index contributed by atoms with van der Waals surface area (Å²) in [7, 11) is 0. The Balaban J connectivity index is 0.00000261. The molecule has 1 heterocycles. The first-order valence-corrected chi connectivity index (χ1v) is 8.56. The van der Waals surface area contributed by atoms with E-state index in [0.29, 0.717) is 23.3 Å². The van der Waals surface area contributed by atoms with Crippen LogP contribution in [0.4, 0.5) is 0 Å². The van der Waals surface area contributed by atoms with E-state index in [1.807, 2.05) is 44.2 Å². The molecule has 0 radical (unpaired) electrons. The van der Waals surface area contributed by atoms with E-state index in [9.17, 15) is 14.7 Å². The first-order valence-electron chi connectivity index (χ1n) is 8.56. The minimum atomic E-state index is -1.31. The standard InChI is InChI=1S/C22H20O4.Na/c1-3-6-17-19(11-9-15-8-5-4-7-14(15)2)26-20-12-10-16(22(24)25)13-18(20)21(17)23;/h4-5,7-13H,3,6H2,1-2H3,(H,24,25);/q;+1/p-1. The molecule has 0 N–H and O–H groups in total. The number of carbonyl (C=O) groups excluding carboxylic acids is 1. The quantitative estimate of drug-likeness (QED) is 0.617. The summed E-state index contributed by atoms with van der Waals surface area (Å²) in [4.78, 5) is 24.0. The van der Waals surface area contributed by atoms with Crippen molar-refractivity contribution in [1.29, 1.82) is 0 Å². The van der Waals surface area contributed by atoms with Gasteiger partial charge in [-0.3, -0.25) is 4.79 Å². The number of hydrogen-bond donors (Lipinski definition) is 0. The molecular weight excluding hydrogens is 351 g/mol. The predicted octanol–water partition coefficient (Wildman–Crippen LogP) is 0.592. The number of aryl methyl sites for hydroxylation is 1. The Morgan fingerprint density at radius 1 is 1.15 bits per heavy atom. The number of aromatic carboxylic acids is 1. The molecule has 5 heteroatoms. The fraction of sp³-hybridized carbons (Fsp3) is 0.182. The molecule has 1 aromatic heterocycles. The van der Waals surface area contributed by atoms with E-state index in [-0.39, 0.29) is 45.9 Å². The SMILES string of the molecule is CCCc1c(C=Cc2ccccc2C)oc2ccc(C(=O)[O-])cc2c1=O.[Na+]. The topological polar surface area (TPSA) is 70.3 Å². The molecule has 132 valence electrons. The van der Waals surface area contributed by atoms with Crippen LogP contribution in [0.3, 0.4) is 0 Å². The van der Waals surface area contributed by atoms with Gasteiger partial charge in [0.15, 0.2) is 5.43 Å². The Labute approximate surface area is 179 Å². The minimum absolute atomic E-state index is 0. The van der Waals surface area contributed by atoms with Crippen LogP contribution in [0.1, 0.15) is 46.2 Å². The molecule has 0 fully saturated rings. The van der Waals surface area contributed by atoms with Gasteiger partial charge in [-0.05, 0) is 54.3 Å². The molecule has 0 saturated carbocycles. The zero-order valence-corrected chi connectivity index (χ0v) is 17.7. The largest absolute Gasteiger partial charge is 1.00 e. The normalized spacial score (nSPS) is 10.9. The van der Waals surface area contributed by atoms with Crippen LogP contribution >= 0.6 is 0 Å². The van der Waals surface area contributed by atoms with Crippen molar-refractivity contribution in [2.24, 2.45) is 0 Å². The third kappa shape index (κ3) is 4.59. The monoisotopic (exact) mass is 370 g/mol. The van der Waals surface area contributed by atoms with Crippen LogP contribution < -0.4 is 40.1 Å². The average molecular weight is 370 g/mol. The van der Waals surface area contributed by atoms with Gasteiger partial charge in [-0.1, -0.05) is 43.7 Å². The van der Waals surface area contributed by atoms with Crippen molar-refractivity contribution in [3.05, 3.63) is 80.7 Å². The van der Waals surface area contributed by atoms with Crippen molar-refractivity contribution in [1.82, 2.24) is 0 Å². The Hall–Kier alpha value is -2.14. The maximum atomic E-state index is 12.9. The summed E-state index contributed by atoms with van der Waals surface area (Å²) in [5, 5.41) is 11.3. The summed E-state index contributed by atoms with van der Waals surface area (Å²) in [6.07, 6.45) is 5.07. The number of hydrogen-bond acceptors (Lipinski definition) is 4. The smallest absolute Gasteiger partial charge is 0.545 e. The second-order valence-corrected chi connectivity index (χ2v) is 6.21. The molecule has 0 bridgehead atoms. The van der Waals surface area contributed by atoms with E-state index in [2.05, 4.69) is 0 Å². The molecule has 0 aliphatic rings. The Bertz CT molecular complexity index is 1060. The van der Waals surface area contributed by atoms with E-state index in [1.54, 1.807) is 6.08 Å². The summed E-state index contributed by atoms with van der Waals surface area (Å²) in [6.45, 7) is 4.00. The molecule has 0 unspecified atom stereocenters. The van der Waals surface area contributed by atoms with Gasteiger partial charge in [0, 0.05) is 5.56 Å². The molecule has 0 amide bonds. The van der Waals surface area contributed by atoms with Gasteiger partial charge in [0.2, 0.25) is 0 Å². The molecule has 4 nitrogen and oxygen atoms in total. The third-order valence-corrected chi connectivity index (χ3v) is 4.35. The van der Waals surface area contributed by atoms with Crippen molar-refractivity contribution in [2.45, 2.75) is 26.7 Å². The fourth-order valence-corrected chi connectivity index (χ4v) is 2.94. The second-order valence-electron chi connectivity index (χ2n) is 6.21. The van der Waals surface area contributed by atoms with Gasteiger partial charge in [-0.15, -0.1) is 0 Å². The van der Waals surface area contributed by atoms with E-state index >= 15 is 0 Å². The molecule has 0 aliphatic carbocycles. The number of fused-ring (bicyclic) bond motifs is 1. The maximum absolute atomic E-state index is 12.9. The van der Waals surface area contributed by atoms with Crippen LogP contribution in [0.25, 0.3) is 23.1 Å². The summed E-state index contributed by atoms with van der Waals surface area (Å²) in [5.41, 5.74) is 2.87. The van der Waals surface area contributed by atoms with Crippen molar-refractivity contribution < 1.29 is 43.9 Å². The van der Waals surface area contributed by atoms with Gasteiger partial charge < -0.3 is 14.3 Å². The molecule has 0 spiro atoms. The van der Waals surface area contributed by atoms with Gasteiger partial charge in [0.25, 0.3) is 0 Å². The zero-order chi connectivity index (χ0) is 18.7. The van der Waals surface area contributed by atoms with Crippen LogP contribution in [-0.4, -0.2) is 5.97 Å². The van der Waals surface area contributed by atoms with E-state index < -0.39 is 5.97 Å². The van der Waals surface area contributed by atoms with Crippen LogP contribution in [0.5, 0.6) is 0 Å². The molecule has 0 atom stereocenters. The Morgan fingerprint density at radius 2 is 1.89 bits per heavy atom. The van der Waals surface area contributed by atoms with Crippen molar-refractivity contribution in [2.75, 3.05) is 0 Å². The van der Waals surface area contributed by atoms with E-state index in [1.165, 1.54) is 18.2 Å². The molecule has 0 saturated heterocycles. The number of carbonyl (C=O) groups is 1. The summed E-state index contributed by atoms with van der Waals surface area (Å²) < 4.78 is 5.92. The van der Waals surface area contributed by atoms with Crippen LogP contribution in [0, 0.1) is 6.92 Å². The molecule has 3 aromatic rings. The maximum Gasteiger partial charge on any atom is 1.00 e. The van der Waals surface area contributed by atoms with Crippen molar-refractivity contribution >= 4 is 29.1 Å². The second kappa shape index (κ2) is 9.18. The summed E-state index contributed by atoms with van der Waals surface area (Å²) in [5.74, 6) is -0.805. The molecule has 3 rings (SSSR count). The third-order valence-electron chi connectivity index (χ3n) is 4.35. The van der Waals surface area contributed by atoms with Crippen LogP contribution in [0.15, 0.2) is 51.7 Å². The number of benzene rings is 2. The average Bonchev–Trinajstić information content (AvgIpc) is 2.63. The van der Waals surface area contributed by atoms with Crippen LogP contribution in [0.2, 0.25) is 0 Å². The van der Waals surface area contributed by atoms with E-state index in [4.69, 9.17) is 4.42 Å². The predicted molar refractivity (Wildman–Crippen MR) is 101 cm³/mol. The fourth-order valence-electron chi connectivity index (χ4n) is 2.94. The number of carboxylic acids is 1. The van der Waals surface area contributed by atoms with Gasteiger partial charge >= 0.3 is 29.6 Å². The zero-order valence-electron chi connectivity index (χ0n) is 15.7.